The van der Waals surface area contributed by atoms with Gasteiger partial charge in [-0.15, -0.1) is 10.2 Å². The first kappa shape index (κ1) is 16.3. The molecule has 25 heavy (non-hydrogen) atoms. The molecule has 1 aromatic heterocycles. The molecule has 126 valence electrons. The molecule has 3 rings (SSSR count). The van der Waals surface area contributed by atoms with E-state index in [1.165, 1.54) is 18.2 Å². The van der Waals surface area contributed by atoms with Crippen LogP contribution in [-0.2, 0) is 0 Å². The molecule has 1 heterocycles. The van der Waals surface area contributed by atoms with Crippen molar-refractivity contribution in [2.24, 2.45) is 10.2 Å². The van der Waals surface area contributed by atoms with E-state index in [1.807, 2.05) is 26.0 Å². The number of fused-ring (bicyclic) bond motifs is 1. The van der Waals surface area contributed by atoms with Crippen molar-refractivity contribution >= 4 is 28.0 Å². The van der Waals surface area contributed by atoms with Crippen molar-refractivity contribution in [3.05, 3.63) is 68.0 Å². The van der Waals surface area contributed by atoms with Gasteiger partial charge in [0.15, 0.2) is 11.4 Å². The average Bonchev–Trinajstić information content (AvgIpc) is 2.57. The molecule has 0 atom stereocenters. The van der Waals surface area contributed by atoms with Crippen molar-refractivity contribution in [3.8, 4) is 5.75 Å². The lowest BCUT2D eigenvalue weighted by molar-refractivity contribution is -0.383. The summed E-state index contributed by atoms with van der Waals surface area (Å²) >= 11 is 0. The van der Waals surface area contributed by atoms with Crippen molar-refractivity contribution in [2.45, 2.75) is 13.8 Å². The van der Waals surface area contributed by atoms with Crippen LogP contribution in [0.25, 0.3) is 10.9 Å². The normalized spacial score (nSPS) is 11.3. The second-order valence-electron chi connectivity index (χ2n) is 5.53. The highest BCUT2D eigenvalue weighted by Crippen LogP contribution is 2.35. The maximum atomic E-state index is 12.2. The summed E-state index contributed by atoms with van der Waals surface area (Å²) in [6.07, 6.45) is 0. The number of para-hydroxylation sites is 1. The number of benzene rings is 2. The van der Waals surface area contributed by atoms with Gasteiger partial charge in [-0.3, -0.25) is 14.9 Å². The highest BCUT2D eigenvalue weighted by atomic mass is 16.6. The summed E-state index contributed by atoms with van der Waals surface area (Å²) in [5.74, 6) is -0.448. The highest BCUT2D eigenvalue weighted by Gasteiger charge is 2.18. The van der Waals surface area contributed by atoms with Gasteiger partial charge in [0.1, 0.15) is 5.52 Å². The molecule has 8 nitrogen and oxygen atoms in total. The van der Waals surface area contributed by atoms with Gasteiger partial charge in [0, 0.05) is 11.5 Å². The Morgan fingerprint density at radius 2 is 1.84 bits per heavy atom. The summed E-state index contributed by atoms with van der Waals surface area (Å²) in [6, 6.07) is 9.60. The Morgan fingerprint density at radius 3 is 2.56 bits per heavy atom. The van der Waals surface area contributed by atoms with E-state index in [9.17, 15) is 20.0 Å². The van der Waals surface area contributed by atoms with Crippen LogP contribution in [0.5, 0.6) is 5.75 Å². The monoisotopic (exact) mass is 338 g/mol. The number of pyridine rings is 1. The zero-order chi connectivity index (χ0) is 18.1. The first-order valence-electron chi connectivity index (χ1n) is 7.40. The summed E-state index contributed by atoms with van der Waals surface area (Å²) in [6.45, 7) is 3.80. The van der Waals surface area contributed by atoms with Crippen LogP contribution in [0.4, 0.5) is 17.1 Å². The van der Waals surface area contributed by atoms with E-state index in [2.05, 4.69) is 15.2 Å². The number of aromatic amines is 1. The zero-order valence-corrected chi connectivity index (χ0v) is 13.5. The summed E-state index contributed by atoms with van der Waals surface area (Å²) in [5.41, 5.74) is 1.08. The predicted octanol–water partition coefficient (Wildman–Crippen LogP) is 4.17. The standard InChI is InChI=1S/C17H14N4O4/c1-9-5-3-7-12(10(9)2)19-20-15-16(22)11-6-4-8-13(21(24)25)14(11)18-17(15)23/h3-8H,1-2H3,(H2,18,22,23). The molecule has 2 aromatic carbocycles. The molecule has 0 saturated carbocycles. The molecule has 0 radical (unpaired) electrons. The Labute approximate surface area is 141 Å². The topological polar surface area (TPSA) is 121 Å². The molecule has 0 amide bonds. The van der Waals surface area contributed by atoms with Gasteiger partial charge in [-0.2, -0.15) is 0 Å². The largest absolute Gasteiger partial charge is 0.505 e. The van der Waals surface area contributed by atoms with E-state index in [1.54, 1.807) is 6.07 Å². The molecule has 0 aliphatic carbocycles. The molecule has 0 bridgehead atoms. The molecule has 0 unspecified atom stereocenters. The minimum absolute atomic E-state index is 0.0549. The first-order valence-corrected chi connectivity index (χ1v) is 7.40. The summed E-state index contributed by atoms with van der Waals surface area (Å²) in [7, 11) is 0. The number of hydrogen-bond acceptors (Lipinski definition) is 6. The number of nitrogens with one attached hydrogen (secondary N) is 1. The van der Waals surface area contributed by atoms with Crippen LogP contribution in [-0.4, -0.2) is 15.0 Å². The van der Waals surface area contributed by atoms with Gasteiger partial charge in [0.25, 0.3) is 11.2 Å². The van der Waals surface area contributed by atoms with Gasteiger partial charge in [-0.05, 0) is 37.1 Å². The second kappa shape index (κ2) is 6.16. The highest BCUT2D eigenvalue weighted by molar-refractivity contribution is 5.94. The minimum atomic E-state index is -0.756. The lowest BCUT2D eigenvalue weighted by Crippen LogP contribution is -2.06. The van der Waals surface area contributed by atoms with Crippen LogP contribution >= 0.6 is 0 Å². The maximum absolute atomic E-state index is 12.2. The third kappa shape index (κ3) is 2.85. The number of azo groups is 1. The number of aromatic hydroxyl groups is 1. The number of hydrogen-bond donors (Lipinski definition) is 2. The van der Waals surface area contributed by atoms with Crippen LogP contribution < -0.4 is 5.56 Å². The lowest BCUT2D eigenvalue weighted by Gasteiger charge is -2.05. The van der Waals surface area contributed by atoms with Gasteiger partial charge in [0.2, 0.25) is 0 Å². The summed E-state index contributed by atoms with van der Waals surface area (Å²) in [4.78, 5) is 25.0. The van der Waals surface area contributed by atoms with E-state index in [0.717, 1.165) is 11.1 Å². The number of rotatable bonds is 3. The quantitative estimate of drug-likeness (QED) is 0.423. The van der Waals surface area contributed by atoms with Crippen LogP contribution in [0.2, 0.25) is 0 Å². The van der Waals surface area contributed by atoms with Gasteiger partial charge in [0.05, 0.1) is 10.6 Å². The average molecular weight is 338 g/mol. The summed E-state index contributed by atoms with van der Waals surface area (Å²) in [5, 5.41) is 29.4. The maximum Gasteiger partial charge on any atom is 0.293 e. The third-order valence-electron chi connectivity index (χ3n) is 4.01. The van der Waals surface area contributed by atoms with E-state index >= 15 is 0 Å². The number of nitro groups is 1. The zero-order valence-electron chi connectivity index (χ0n) is 13.5. The van der Waals surface area contributed by atoms with Crippen molar-refractivity contribution in [3.63, 3.8) is 0 Å². The number of aryl methyl sites for hydroxylation is 1. The lowest BCUT2D eigenvalue weighted by atomic mass is 10.1. The molecule has 2 N–H and O–H groups in total. The number of non-ortho nitro benzene ring substituents is 1. The van der Waals surface area contributed by atoms with Gasteiger partial charge in [-0.25, -0.2) is 0 Å². The number of H-pyrrole nitrogens is 1. The minimum Gasteiger partial charge on any atom is -0.505 e. The fourth-order valence-electron chi connectivity index (χ4n) is 2.47. The molecule has 0 spiro atoms. The van der Waals surface area contributed by atoms with Gasteiger partial charge in [-0.1, -0.05) is 18.2 Å². The number of nitro benzene ring substituents is 1. The van der Waals surface area contributed by atoms with Crippen molar-refractivity contribution < 1.29 is 10.0 Å². The van der Waals surface area contributed by atoms with Crippen LogP contribution in [0.15, 0.2) is 51.4 Å². The fraction of sp³-hybridized carbons (Fsp3) is 0.118. The predicted molar refractivity (Wildman–Crippen MR) is 93.0 cm³/mol. The number of aromatic nitrogens is 1. The third-order valence-corrected chi connectivity index (χ3v) is 4.01. The Morgan fingerprint density at radius 1 is 1.12 bits per heavy atom. The van der Waals surface area contributed by atoms with Crippen LogP contribution in [0.3, 0.4) is 0 Å². The Balaban J connectivity index is 2.18. The van der Waals surface area contributed by atoms with E-state index in [4.69, 9.17) is 0 Å². The SMILES string of the molecule is Cc1cccc(N=Nc2c(O)c3cccc([N+](=O)[O-])c3[nH]c2=O)c1C. The van der Waals surface area contributed by atoms with E-state index in [-0.39, 0.29) is 22.3 Å². The van der Waals surface area contributed by atoms with Crippen LogP contribution in [0.1, 0.15) is 11.1 Å². The summed E-state index contributed by atoms with van der Waals surface area (Å²) < 4.78 is 0. The molecule has 0 aliphatic rings. The Hall–Kier alpha value is -3.55. The smallest absolute Gasteiger partial charge is 0.293 e. The Kier molecular flexibility index (Phi) is 4.02. The molecular weight excluding hydrogens is 324 g/mol. The van der Waals surface area contributed by atoms with Crippen molar-refractivity contribution in [1.29, 1.82) is 0 Å². The van der Waals surface area contributed by atoms with E-state index in [0.29, 0.717) is 5.69 Å². The van der Waals surface area contributed by atoms with Gasteiger partial charge >= 0.3 is 0 Å². The molecule has 0 aliphatic heterocycles. The second-order valence-corrected chi connectivity index (χ2v) is 5.53. The van der Waals surface area contributed by atoms with Crippen LogP contribution in [0, 0.1) is 24.0 Å². The molecule has 3 aromatic rings. The first-order chi connectivity index (χ1) is 11.9. The van der Waals surface area contributed by atoms with E-state index < -0.39 is 16.2 Å². The van der Waals surface area contributed by atoms with Crippen molar-refractivity contribution in [1.82, 2.24) is 4.98 Å². The molecular formula is C17H14N4O4. The molecule has 0 saturated heterocycles. The fourth-order valence-corrected chi connectivity index (χ4v) is 2.47. The Bertz CT molecular complexity index is 1090. The van der Waals surface area contributed by atoms with Crippen molar-refractivity contribution in [2.75, 3.05) is 0 Å². The van der Waals surface area contributed by atoms with Gasteiger partial charge < -0.3 is 10.1 Å². The number of nitrogens with zero attached hydrogens (tertiary/aromatic N) is 3. The molecule has 0 fully saturated rings. The molecule has 8 heteroatoms.